The number of benzene rings is 10. The Labute approximate surface area is 365 Å². The standard InChI is InChI=1S/C60H39N3/c1-5-16-40(17-6-1)41-28-32-44(33-29-41)55-39-56(62-60(61-55)46-20-9-3-10-21-46)45-34-30-43(31-35-45)50-26-15-27-57-59(50)54-37-52-51(42-18-7-2-8-19-42)36-47-22-13-14-25-49(47)53(52)38-58(54)63(57)48-23-11-4-12-24-48/h1-39H. The quantitative estimate of drug-likeness (QED) is 0.150. The Balaban J connectivity index is 1.03. The van der Waals surface area contributed by atoms with Crippen molar-refractivity contribution in [2.45, 2.75) is 0 Å². The molecule has 0 saturated carbocycles. The third-order valence-electron chi connectivity index (χ3n) is 12.4. The van der Waals surface area contributed by atoms with Crippen molar-refractivity contribution in [1.29, 1.82) is 0 Å². The van der Waals surface area contributed by atoms with E-state index in [1.165, 1.54) is 71.2 Å². The van der Waals surface area contributed by atoms with E-state index in [-0.39, 0.29) is 0 Å². The van der Waals surface area contributed by atoms with Gasteiger partial charge in [0, 0.05) is 33.2 Å². The molecule has 3 nitrogen and oxygen atoms in total. The minimum Gasteiger partial charge on any atom is -0.309 e. The molecule has 0 aliphatic carbocycles. The Bertz CT molecular complexity index is 3620. The predicted octanol–water partition coefficient (Wildman–Crippen LogP) is 15.9. The van der Waals surface area contributed by atoms with E-state index in [2.05, 4.69) is 217 Å². The lowest BCUT2D eigenvalue weighted by atomic mass is 9.91. The van der Waals surface area contributed by atoms with Crippen LogP contribution in [0.25, 0.3) is 116 Å². The van der Waals surface area contributed by atoms with E-state index in [0.717, 1.165) is 39.3 Å². The molecule has 0 fully saturated rings. The van der Waals surface area contributed by atoms with E-state index in [1.807, 2.05) is 24.3 Å². The number of rotatable bonds is 7. The maximum atomic E-state index is 5.16. The molecule has 294 valence electrons. The van der Waals surface area contributed by atoms with Gasteiger partial charge in [0.2, 0.25) is 0 Å². The molecule has 2 heterocycles. The molecular formula is C60H39N3. The summed E-state index contributed by atoms with van der Waals surface area (Å²) in [6.45, 7) is 0. The lowest BCUT2D eigenvalue weighted by Gasteiger charge is -2.13. The lowest BCUT2D eigenvalue weighted by molar-refractivity contribution is 1.18. The van der Waals surface area contributed by atoms with Crippen LogP contribution in [0.2, 0.25) is 0 Å². The second kappa shape index (κ2) is 15.3. The highest BCUT2D eigenvalue weighted by Crippen LogP contribution is 2.44. The Kier molecular flexibility index (Phi) is 8.83. The minimum absolute atomic E-state index is 0.702. The van der Waals surface area contributed by atoms with Crippen molar-refractivity contribution < 1.29 is 0 Å². The molecule has 0 radical (unpaired) electrons. The molecule has 0 aliphatic heterocycles. The van der Waals surface area contributed by atoms with Crippen LogP contribution in [0.5, 0.6) is 0 Å². The van der Waals surface area contributed by atoms with Crippen LogP contribution in [0, 0.1) is 0 Å². The van der Waals surface area contributed by atoms with E-state index < -0.39 is 0 Å². The van der Waals surface area contributed by atoms with E-state index >= 15 is 0 Å². The van der Waals surface area contributed by atoms with Crippen molar-refractivity contribution in [3.63, 3.8) is 0 Å². The molecule has 12 aromatic rings. The molecule has 12 rings (SSSR count). The number of para-hydroxylation sites is 1. The first-order valence-corrected chi connectivity index (χ1v) is 21.5. The van der Waals surface area contributed by atoms with Crippen LogP contribution in [0.15, 0.2) is 237 Å². The average molecular weight is 802 g/mol. The highest BCUT2D eigenvalue weighted by atomic mass is 15.0. The fourth-order valence-corrected chi connectivity index (χ4v) is 9.36. The third kappa shape index (κ3) is 6.46. The van der Waals surface area contributed by atoms with E-state index in [4.69, 9.17) is 9.97 Å². The molecule has 0 N–H and O–H groups in total. The second-order valence-electron chi connectivity index (χ2n) is 16.1. The zero-order valence-corrected chi connectivity index (χ0v) is 34.4. The minimum atomic E-state index is 0.702. The second-order valence-corrected chi connectivity index (χ2v) is 16.1. The van der Waals surface area contributed by atoms with Gasteiger partial charge < -0.3 is 4.57 Å². The Hall–Kier alpha value is -8.40. The van der Waals surface area contributed by atoms with Gasteiger partial charge in [-0.25, -0.2) is 9.97 Å². The fraction of sp³-hybridized carbons (Fsp3) is 0. The van der Waals surface area contributed by atoms with Crippen molar-refractivity contribution >= 4 is 43.4 Å². The zero-order valence-electron chi connectivity index (χ0n) is 34.4. The molecule has 2 aromatic heterocycles. The molecule has 0 amide bonds. The first-order chi connectivity index (χ1) is 31.2. The molecule has 3 heteroatoms. The highest BCUT2D eigenvalue weighted by Gasteiger charge is 2.20. The van der Waals surface area contributed by atoms with Crippen molar-refractivity contribution in [2.24, 2.45) is 0 Å². The maximum Gasteiger partial charge on any atom is 0.160 e. The Morgan fingerprint density at radius 1 is 0.286 bits per heavy atom. The van der Waals surface area contributed by atoms with Crippen LogP contribution >= 0.6 is 0 Å². The van der Waals surface area contributed by atoms with Crippen molar-refractivity contribution in [3.05, 3.63) is 237 Å². The average Bonchev–Trinajstić information content (AvgIpc) is 3.70. The van der Waals surface area contributed by atoms with Gasteiger partial charge in [0.1, 0.15) is 0 Å². The normalized spacial score (nSPS) is 11.5. The molecule has 0 spiro atoms. The van der Waals surface area contributed by atoms with Crippen molar-refractivity contribution in [2.75, 3.05) is 0 Å². The first kappa shape index (κ1) is 36.5. The Morgan fingerprint density at radius 3 is 1.48 bits per heavy atom. The molecule has 10 aromatic carbocycles. The molecular weight excluding hydrogens is 763 g/mol. The molecule has 0 unspecified atom stereocenters. The van der Waals surface area contributed by atoms with Crippen LogP contribution in [-0.2, 0) is 0 Å². The van der Waals surface area contributed by atoms with Crippen molar-refractivity contribution in [1.82, 2.24) is 14.5 Å². The van der Waals surface area contributed by atoms with E-state index in [1.54, 1.807) is 0 Å². The fourth-order valence-electron chi connectivity index (χ4n) is 9.36. The third-order valence-corrected chi connectivity index (χ3v) is 12.4. The summed E-state index contributed by atoms with van der Waals surface area (Å²) < 4.78 is 2.44. The van der Waals surface area contributed by atoms with Gasteiger partial charge in [-0.2, -0.15) is 0 Å². The summed E-state index contributed by atoms with van der Waals surface area (Å²) in [5.41, 5.74) is 15.5. The van der Waals surface area contributed by atoms with Gasteiger partial charge in [-0.05, 0) is 97.4 Å². The maximum absolute atomic E-state index is 5.16. The van der Waals surface area contributed by atoms with Gasteiger partial charge in [0.25, 0.3) is 0 Å². The summed E-state index contributed by atoms with van der Waals surface area (Å²) in [7, 11) is 0. The van der Waals surface area contributed by atoms with E-state index in [9.17, 15) is 0 Å². The number of nitrogens with zero attached hydrogens (tertiary/aromatic N) is 3. The predicted molar refractivity (Wildman–Crippen MR) is 264 cm³/mol. The van der Waals surface area contributed by atoms with Gasteiger partial charge >= 0.3 is 0 Å². The van der Waals surface area contributed by atoms with E-state index in [0.29, 0.717) is 5.82 Å². The van der Waals surface area contributed by atoms with Gasteiger partial charge in [-0.1, -0.05) is 194 Å². The molecule has 0 saturated heterocycles. The summed E-state index contributed by atoms with van der Waals surface area (Å²) >= 11 is 0. The van der Waals surface area contributed by atoms with Gasteiger partial charge in [-0.3, -0.25) is 0 Å². The number of fused-ring (bicyclic) bond motifs is 6. The number of hydrogen-bond acceptors (Lipinski definition) is 2. The Morgan fingerprint density at radius 2 is 0.810 bits per heavy atom. The first-order valence-electron chi connectivity index (χ1n) is 21.5. The monoisotopic (exact) mass is 801 g/mol. The smallest absolute Gasteiger partial charge is 0.160 e. The van der Waals surface area contributed by atoms with Crippen LogP contribution in [-0.4, -0.2) is 14.5 Å². The van der Waals surface area contributed by atoms with Gasteiger partial charge in [0.05, 0.1) is 22.4 Å². The topological polar surface area (TPSA) is 30.7 Å². The number of hydrogen-bond donors (Lipinski definition) is 0. The number of aromatic nitrogens is 3. The molecule has 63 heavy (non-hydrogen) atoms. The summed E-state index contributed by atoms with van der Waals surface area (Å²) in [5.74, 6) is 0.702. The summed E-state index contributed by atoms with van der Waals surface area (Å²) in [5, 5.41) is 7.43. The zero-order chi connectivity index (χ0) is 41.7. The lowest BCUT2D eigenvalue weighted by Crippen LogP contribution is -1.96. The molecule has 0 atom stereocenters. The highest BCUT2D eigenvalue weighted by molar-refractivity contribution is 6.23. The molecule has 0 aliphatic rings. The van der Waals surface area contributed by atoms with Crippen LogP contribution in [0.1, 0.15) is 0 Å². The largest absolute Gasteiger partial charge is 0.309 e. The summed E-state index contributed by atoms with van der Waals surface area (Å²) in [4.78, 5) is 10.3. The van der Waals surface area contributed by atoms with Crippen LogP contribution in [0.3, 0.4) is 0 Å². The van der Waals surface area contributed by atoms with Crippen molar-refractivity contribution in [3.8, 4) is 73.0 Å². The SMILES string of the molecule is c1ccc(-c2ccc(-c3cc(-c4ccc(-c5cccc6c5c5cc7c(-c8ccccc8)cc8ccccc8c7cc5n6-c5ccccc5)cc4)nc(-c4ccccc4)n3)cc2)cc1. The summed E-state index contributed by atoms with van der Waals surface area (Å²) in [6.07, 6.45) is 0. The summed E-state index contributed by atoms with van der Waals surface area (Å²) in [6, 6.07) is 84.7. The molecule has 0 bridgehead atoms. The van der Waals surface area contributed by atoms with Crippen LogP contribution < -0.4 is 0 Å². The van der Waals surface area contributed by atoms with Gasteiger partial charge in [0.15, 0.2) is 5.82 Å². The van der Waals surface area contributed by atoms with Crippen LogP contribution in [0.4, 0.5) is 0 Å². The van der Waals surface area contributed by atoms with Gasteiger partial charge in [-0.15, -0.1) is 0 Å².